The molecule has 2 N–H and O–H groups in total. The molecule has 1 amide bonds. The second kappa shape index (κ2) is 5.71. The molecule has 2 heterocycles. The Hall–Kier alpha value is -2.91. The summed E-state index contributed by atoms with van der Waals surface area (Å²) in [4.78, 5) is 22.1. The SMILES string of the molecule is O=C(NCCc1noc(C(F)(F)F)n1)c1nc2ccccc2[nH]1. The van der Waals surface area contributed by atoms with E-state index in [0.29, 0.717) is 11.0 Å². The van der Waals surface area contributed by atoms with Crippen molar-refractivity contribution in [1.82, 2.24) is 25.4 Å². The fourth-order valence-corrected chi connectivity index (χ4v) is 1.90. The van der Waals surface area contributed by atoms with E-state index in [-0.39, 0.29) is 24.6 Å². The lowest BCUT2D eigenvalue weighted by molar-refractivity contribution is -0.159. The van der Waals surface area contributed by atoms with Crippen molar-refractivity contribution in [2.24, 2.45) is 0 Å². The molecule has 0 atom stereocenters. The molecule has 120 valence electrons. The lowest BCUT2D eigenvalue weighted by atomic mass is 10.3. The molecule has 0 fully saturated rings. The van der Waals surface area contributed by atoms with Gasteiger partial charge in [0, 0.05) is 13.0 Å². The van der Waals surface area contributed by atoms with Gasteiger partial charge in [-0.2, -0.15) is 18.2 Å². The van der Waals surface area contributed by atoms with E-state index in [1.165, 1.54) is 0 Å². The van der Waals surface area contributed by atoms with Crippen LogP contribution >= 0.6 is 0 Å². The molecule has 23 heavy (non-hydrogen) atoms. The first kappa shape index (κ1) is 15.0. The van der Waals surface area contributed by atoms with Crippen molar-refractivity contribution in [1.29, 1.82) is 0 Å². The van der Waals surface area contributed by atoms with Crippen molar-refractivity contribution in [2.75, 3.05) is 6.54 Å². The van der Waals surface area contributed by atoms with E-state index in [2.05, 4.69) is 29.9 Å². The molecule has 3 rings (SSSR count). The van der Waals surface area contributed by atoms with Crippen LogP contribution in [0.3, 0.4) is 0 Å². The third kappa shape index (κ3) is 3.30. The van der Waals surface area contributed by atoms with Crippen LogP contribution in [-0.4, -0.2) is 32.6 Å². The summed E-state index contributed by atoms with van der Waals surface area (Å²) in [5.74, 6) is -1.89. The monoisotopic (exact) mass is 325 g/mol. The molecule has 0 unspecified atom stereocenters. The Morgan fingerprint density at radius 2 is 2.04 bits per heavy atom. The van der Waals surface area contributed by atoms with Gasteiger partial charge in [0.25, 0.3) is 5.91 Å². The van der Waals surface area contributed by atoms with Crippen LogP contribution in [0, 0.1) is 0 Å². The number of imidazole rings is 1. The van der Waals surface area contributed by atoms with Gasteiger partial charge in [0.15, 0.2) is 11.6 Å². The van der Waals surface area contributed by atoms with Gasteiger partial charge in [-0.15, -0.1) is 0 Å². The number of para-hydroxylation sites is 2. The molecule has 0 saturated heterocycles. The number of rotatable bonds is 4. The van der Waals surface area contributed by atoms with E-state index in [0.717, 1.165) is 0 Å². The topological polar surface area (TPSA) is 96.7 Å². The molecule has 0 radical (unpaired) electrons. The molecule has 0 saturated carbocycles. The van der Waals surface area contributed by atoms with Crippen molar-refractivity contribution in [2.45, 2.75) is 12.6 Å². The number of nitrogens with one attached hydrogen (secondary N) is 2. The van der Waals surface area contributed by atoms with Gasteiger partial charge in [-0.05, 0) is 12.1 Å². The summed E-state index contributed by atoms with van der Waals surface area (Å²) < 4.78 is 41.0. The molecule has 3 aromatic rings. The zero-order chi connectivity index (χ0) is 16.4. The molecule has 0 aliphatic heterocycles. The molecular formula is C13H10F3N5O2. The average Bonchev–Trinajstić information content (AvgIpc) is 3.13. The Balaban J connectivity index is 1.58. The lowest BCUT2D eigenvalue weighted by Gasteiger charge is -2.00. The minimum atomic E-state index is -4.68. The van der Waals surface area contributed by atoms with E-state index in [9.17, 15) is 18.0 Å². The molecule has 1 aromatic carbocycles. The molecule has 0 spiro atoms. The van der Waals surface area contributed by atoms with E-state index in [4.69, 9.17) is 0 Å². The van der Waals surface area contributed by atoms with Crippen molar-refractivity contribution in [3.05, 3.63) is 41.8 Å². The summed E-state index contributed by atoms with van der Waals surface area (Å²) in [6, 6.07) is 7.12. The molecular weight excluding hydrogens is 315 g/mol. The van der Waals surface area contributed by atoms with Crippen LogP contribution in [0.25, 0.3) is 11.0 Å². The van der Waals surface area contributed by atoms with Gasteiger partial charge in [-0.1, -0.05) is 17.3 Å². The Labute approximate surface area is 126 Å². The number of benzene rings is 1. The Morgan fingerprint density at radius 1 is 1.26 bits per heavy atom. The molecule has 0 aliphatic rings. The fraction of sp³-hybridized carbons (Fsp3) is 0.231. The van der Waals surface area contributed by atoms with Gasteiger partial charge in [-0.3, -0.25) is 4.79 Å². The van der Waals surface area contributed by atoms with Crippen molar-refractivity contribution in [3.8, 4) is 0 Å². The number of carbonyl (C=O) groups excluding carboxylic acids is 1. The number of hydrogen-bond acceptors (Lipinski definition) is 5. The Bertz CT molecular complexity index is 806. The fourth-order valence-electron chi connectivity index (χ4n) is 1.90. The number of hydrogen-bond donors (Lipinski definition) is 2. The van der Waals surface area contributed by atoms with Crippen molar-refractivity contribution >= 4 is 16.9 Å². The minimum absolute atomic E-state index is 0.00550. The van der Waals surface area contributed by atoms with E-state index < -0.39 is 18.0 Å². The maximum absolute atomic E-state index is 12.3. The predicted molar refractivity (Wildman–Crippen MR) is 71.4 cm³/mol. The molecule has 2 aromatic heterocycles. The summed E-state index contributed by atoms with van der Waals surface area (Å²) in [7, 11) is 0. The number of H-pyrrole nitrogens is 1. The highest BCUT2D eigenvalue weighted by molar-refractivity contribution is 5.94. The van der Waals surface area contributed by atoms with Crippen molar-refractivity contribution < 1.29 is 22.5 Å². The number of aromatic nitrogens is 4. The van der Waals surface area contributed by atoms with Crippen LogP contribution in [0.4, 0.5) is 13.2 Å². The lowest BCUT2D eigenvalue weighted by Crippen LogP contribution is -2.27. The van der Waals surface area contributed by atoms with E-state index >= 15 is 0 Å². The van der Waals surface area contributed by atoms with Gasteiger partial charge in [0.1, 0.15) is 0 Å². The third-order valence-corrected chi connectivity index (χ3v) is 2.95. The zero-order valence-corrected chi connectivity index (χ0v) is 11.5. The highest BCUT2D eigenvalue weighted by Crippen LogP contribution is 2.27. The summed E-state index contributed by atoms with van der Waals surface area (Å²) in [6.45, 7) is 0.0483. The van der Waals surface area contributed by atoms with Crippen LogP contribution in [0.5, 0.6) is 0 Å². The second-order valence-electron chi connectivity index (χ2n) is 4.62. The van der Waals surface area contributed by atoms with E-state index in [1.807, 2.05) is 0 Å². The number of fused-ring (bicyclic) bond motifs is 1. The number of carbonyl (C=O) groups is 1. The normalized spacial score (nSPS) is 11.8. The Kier molecular flexibility index (Phi) is 3.72. The van der Waals surface area contributed by atoms with E-state index in [1.54, 1.807) is 24.3 Å². The van der Waals surface area contributed by atoms with Crippen LogP contribution in [-0.2, 0) is 12.6 Å². The van der Waals surface area contributed by atoms with Gasteiger partial charge in [0.2, 0.25) is 0 Å². The standard InChI is InChI=1S/C13H10F3N5O2/c14-13(15,16)12-20-9(21-23-12)5-6-17-11(22)10-18-7-3-1-2-4-8(7)19-10/h1-4H,5-6H2,(H,17,22)(H,18,19). The summed E-state index contributed by atoms with van der Waals surface area (Å²) >= 11 is 0. The maximum Gasteiger partial charge on any atom is 0.471 e. The molecule has 7 nitrogen and oxygen atoms in total. The summed E-state index contributed by atoms with van der Waals surface area (Å²) in [6.07, 6.45) is -4.67. The van der Waals surface area contributed by atoms with Crippen LogP contribution in [0.2, 0.25) is 0 Å². The molecule has 10 heteroatoms. The summed E-state index contributed by atoms with van der Waals surface area (Å²) in [5, 5.41) is 5.73. The first-order valence-corrected chi connectivity index (χ1v) is 6.56. The number of amides is 1. The first-order valence-electron chi connectivity index (χ1n) is 6.56. The largest absolute Gasteiger partial charge is 0.471 e. The maximum atomic E-state index is 12.3. The smallest absolute Gasteiger partial charge is 0.349 e. The molecule has 0 aliphatic carbocycles. The number of aromatic amines is 1. The van der Waals surface area contributed by atoms with Gasteiger partial charge >= 0.3 is 12.1 Å². The zero-order valence-electron chi connectivity index (χ0n) is 11.5. The highest BCUT2D eigenvalue weighted by atomic mass is 19.4. The summed E-state index contributed by atoms with van der Waals surface area (Å²) in [5.41, 5.74) is 1.36. The Morgan fingerprint density at radius 3 is 2.74 bits per heavy atom. The van der Waals surface area contributed by atoms with Crippen LogP contribution < -0.4 is 5.32 Å². The minimum Gasteiger partial charge on any atom is -0.349 e. The van der Waals surface area contributed by atoms with Crippen LogP contribution in [0.1, 0.15) is 22.3 Å². The molecule has 0 bridgehead atoms. The van der Waals surface area contributed by atoms with Gasteiger partial charge in [0.05, 0.1) is 11.0 Å². The first-order chi connectivity index (χ1) is 10.9. The number of nitrogens with zero attached hydrogens (tertiary/aromatic N) is 3. The van der Waals surface area contributed by atoms with Gasteiger partial charge < -0.3 is 14.8 Å². The second-order valence-corrected chi connectivity index (χ2v) is 4.62. The number of alkyl halides is 3. The predicted octanol–water partition coefficient (Wildman–Crippen LogP) is 1.94. The third-order valence-electron chi connectivity index (χ3n) is 2.95. The average molecular weight is 325 g/mol. The quantitative estimate of drug-likeness (QED) is 0.764. The van der Waals surface area contributed by atoms with Crippen molar-refractivity contribution in [3.63, 3.8) is 0 Å². The highest BCUT2D eigenvalue weighted by Gasteiger charge is 2.38. The van der Waals surface area contributed by atoms with Gasteiger partial charge in [-0.25, -0.2) is 4.98 Å². The number of halogens is 3. The van der Waals surface area contributed by atoms with Crippen LogP contribution in [0.15, 0.2) is 28.8 Å².